The summed E-state index contributed by atoms with van der Waals surface area (Å²) in [6.07, 6.45) is 0.979. The lowest BCUT2D eigenvalue weighted by Gasteiger charge is -2.14. The first-order valence-electron chi connectivity index (χ1n) is 7.05. The fourth-order valence-corrected chi connectivity index (χ4v) is 2.24. The largest absolute Gasteiger partial charge is 0.493 e. The van der Waals surface area contributed by atoms with Gasteiger partial charge in [-0.2, -0.15) is 0 Å². The first-order chi connectivity index (χ1) is 10.2. The van der Waals surface area contributed by atoms with E-state index in [0.29, 0.717) is 13.8 Å². The molecule has 2 aromatic carbocycles. The molecule has 0 saturated heterocycles. The van der Waals surface area contributed by atoms with Gasteiger partial charge in [-0.1, -0.05) is 19.1 Å². The Bertz CT molecular complexity index is 562. The van der Waals surface area contributed by atoms with Crippen molar-refractivity contribution >= 4 is 0 Å². The SMILES string of the molecule is CCOc1cc(C)c(CC)cc1-c1ccc(F)cc1.CF. The maximum absolute atomic E-state index is 13.0. The van der Waals surface area contributed by atoms with Crippen LogP contribution < -0.4 is 4.74 Å². The van der Waals surface area contributed by atoms with Gasteiger partial charge in [-0.15, -0.1) is 0 Å². The topological polar surface area (TPSA) is 9.23 Å². The quantitative estimate of drug-likeness (QED) is 0.738. The van der Waals surface area contributed by atoms with Gasteiger partial charge in [0.2, 0.25) is 0 Å². The Hall–Kier alpha value is -1.90. The third kappa shape index (κ3) is 4.28. The van der Waals surface area contributed by atoms with Crippen LogP contribution >= 0.6 is 0 Å². The molecule has 0 aliphatic heterocycles. The van der Waals surface area contributed by atoms with E-state index in [1.807, 2.05) is 6.92 Å². The van der Waals surface area contributed by atoms with Crippen LogP contribution in [0.4, 0.5) is 8.78 Å². The summed E-state index contributed by atoms with van der Waals surface area (Å²) in [5.41, 5.74) is 4.54. The van der Waals surface area contributed by atoms with Crippen LogP contribution in [0.2, 0.25) is 0 Å². The van der Waals surface area contributed by atoms with Crippen LogP contribution in [0.5, 0.6) is 5.75 Å². The minimum atomic E-state index is -0.218. The van der Waals surface area contributed by atoms with Gasteiger partial charge in [0.05, 0.1) is 13.8 Å². The Morgan fingerprint density at radius 2 is 1.62 bits per heavy atom. The number of hydrogen-bond acceptors (Lipinski definition) is 1. The van der Waals surface area contributed by atoms with Crippen LogP contribution in [0.25, 0.3) is 11.1 Å². The van der Waals surface area contributed by atoms with Gasteiger partial charge >= 0.3 is 0 Å². The van der Waals surface area contributed by atoms with Crippen LogP contribution in [0.15, 0.2) is 36.4 Å². The van der Waals surface area contributed by atoms with E-state index in [1.54, 1.807) is 12.1 Å². The van der Waals surface area contributed by atoms with E-state index in [1.165, 1.54) is 23.3 Å². The Morgan fingerprint density at radius 1 is 1.00 bits per heavy atom. The molecule has 0 atom stereocenters. The van der Waals surface area contributed by atoms with Gasteiger partial charge in [0.1, 0.15) is 11.6 Å². The fourth-order valence-electron chi connectivity index (χ4n) is 2.24. The van der Waals surface area contributed by atoms with E-state index in [0.717, 1.165) is 23.3 Å². The summed E-state index contributed by atoms with van der Waals surface area (Å²) in [7, 11) is 0.500. The second-order valence-electron chi connectivity index (χ2n) is 4.57. The monoisotopic (exact) mass is 292 g/mol. The Balaban J connectivity index is 0.00000106. The molecule has 0 N–H and O–H groups in total. The van der Waals surface area contributed by atoms with E-state index in [2.05, 4.69) is 26.0 Å². The minimum absolute atomic E-state index is 0.218. The molecule has 0 spiro atoms. The van der Waals surface area contributed by atoms with E-state index in [4.69, 9.17) is 4.74 Å². The predicted octanol–water partition coefficient (Wildman–Crippen LogP) is 5.35. The van der Waals surface area contributed by atoms with Gasteiger partial charge in [0.15, 0.2) is 0 Å². The molecular weight excluding hydrogens is 270 g/mol. The predicted molar refractivity (Wildman–Crippen MR) is 84.2 cm³/mol. The molecule has 0 saturated carbocycles. The highest BCUT2D eigenvalue weighted by Gasteiger charge is 2.10. The summed E-state index contributed by atoms with van der Waals surface area (Å²) in [5.74, 6) is 0.647. The van der Waals surface area contributed by atoms with Crippen molar-refractivity contribution in [1.82, 2.24) is 0 Å². The summed E-state index contributed by atoms with van der Waals surface area (Å²) in [6, 6.07) is 10.8. The van der Waals surface area contributed by atoms with Crippen molar-refractivity contribution in [3.05, 3.63) is 53.3 Å². The van der Waals surface area contributed by atoms with Crippen LogP contribution in [-0.4, -0.2) is 13.8 Å². The van der Waals surface area contributed by atoms with Crippen LogP contribution in [-0.2, 0) is 6.42 Å². The summed E-state index contributed by atoms with van der Waals surface area (Å²) in [6.45, 7) is 6.82. The second kappa shape index (κ2) is 8.40. The first-order valence-corrected chi connectivity index (χ1v) is 7.05. The molecule has 0 fully saturated rings. The van der Waals surface area contributed by atoms with E-state index < -0.39 is 0 Å². The lowest BCUT2D eigenvalue weighted by atomic mass is 9.97. The van der Waals surface area contributed by atoms with Crippen LogP contribution in [0.3, 0.4) is 0 Å². The molecule has 0 aliphatic carbocycles. The molecule has 0 amide bonds. The molecule has 21 heavy (non-hydrogen) atoms. The number of ether oxygens (including phenoxy) is 1. The zero-order chi connectivity index (χ0) is 15.8. The van der Waals surface area contributed by atoms with Gasteiger partial charge < -0.3 is 4.74 Å². The third-order valence-electron chi connectivity index (χ3n) is 3.27. The average Bonchev–Trinajstić information content (AvgIpc) is 2.51. The Morgan fingerprint density at radius 3 is 2.14 bits per heavy atom. The highest BCUT2D eigenvalue weighted by Crippen LogP contribution is 2.33. The maximum Gasteiger partial charge on any atom is 0.127 e. The third-order valence-corrected chi connectivity index (χ3v) is 3.27. The fraction of sp³-hybridized carbons (Fsp3) is 0.333. The smallest absolute Gasteiger partial charge is 0.127 e. The zero-order valence-corrected chi connectivity index (χ0v) is 13.0. The van der Waals surface area contributed by atoms with Gasteiger partial charge in [-0.25, -0.2) is 4.39 Å². The van der Waals surface area contributed by atoms with Crippen molar-refractivity contribution in [2.75, 3.05) is 13.8 Å². The Kier molecular flexibility index (Phi) is 6.86. The molecular formula is C18H22F2O. The van der Waals surface area contributed by atoms with Crippen molar-refractivity contribution in [2.45, 2.75) is 27.2 Å². The highest BCUT2D eigenvalue weighted by atomic mass is 19.1. The van der Waals surface area contributed by atoms with Crippen molar-refractivity contribution in [1.29, 1.82) is 0 Å². The molecule has 3 heteroatoms. The number of hydrogen-bond donors (Lipinski definition) is 0. The zero-order valence-electron chi connectivity index (χ0n) is 13.0. The van der Waals surface area contributed by atoms with Crippen molar-refractivity contribution in [2.24, 2.45) is 0 Å². The Labute approximate surface area is 125 Å². The van der Waals surface area contributed by atoms with E-state index in [-0.39, 0.29) is 5.82 Å². The maximum atomic E-state index is 13.0. The van der Waals surface area contributed by atoms with E-state index >= 15 is 0 Å². The van der Waals surface area contributed by atoms with Crippen molar-refractivity contribution in [3.8, 4) is 16.9 Å². The summed E-state index contributed by atoms with van der Waals surface area (Å²) < 4.78 is 28.2. The number of halogens is 2. The van der Waals surface area contributed by atoms with E-state index in [9.17, 15) is 8.78 Å². The molecule has 0 aromatic heterocycles. The molecule has 1 nitrogen and oxygen atoms in total. The number of alkyl halides is 1. The second-order valence-corrected chi connectivity index (χ2v) is 4.57. The summed E-state index contributed by atoms with van der Waals surface area (Å²) >= 11 is 0. The average molecular weight is 292 g/mol. The lowest BCUT2D eigenvalue weighted by molar-refractivity contribution is 0.341. The standard InChI is InChI=1S/C17H19FO.CH3F/c1-4-13-11-16(14-6-8-15(18)9-7-14)17(19-5-2)10-12(13)3;1-2/h6-11H,4-5H2,1-3H3;1H3. The molecule has 0 aliphatic rings. The van der Waals surface area contributed by atoms with Crippen molar-refractivity contribution < 1.29 is 13.5 Å². The van der Waals surface area contributed by atoms with Gasteiger partial charge in [-0.05, 0) is 61.2 Å². The molecule has 0 radical (unpaired) electrons. The minimum Gasteiger partial charge on any atom is -0.493 e. The van der Waals surface area contributed by atoms with Gasteiger partial charge in [-0.3, -0.25) is 4.39 Å². The number of aryl methyl sites for hydroxylation is 2. The number of rotatable bonds is 4. The molecule has 0 bridgehead atoms. The van der Waals surface area contributed by atoms with Gasteiger partial charge in [0, 0.05) is 5.56 Å². The lowest BCUT2D eigenvalue weighted by Crippen LogP contribution is -1.97. The molecule has 114 valence electrons. The molecule has 0 unspecified atom stereocenters. The first kappa shape index (κ1) is 17.2. The molecule has 2 aromatic rings. The highest BCUT2D eigenvalue weighted by molar-refractivity contribution is 5.72. The summed E-state index contributed by atoms with van der Waals surface area (Å²) in [4.78, 5) is 0. The van der Waals surface area contributed by atoms with Crippen molar-refractivity contribution in [3.63, 3.8) is 0 Å². The van der Waals surface area contributed by atoms with Crippen LogP contribution in [0.1, 0.15) is 25.0 Å². The molecule has 0 heterocycles. The normalized spacial score (nSPS) is 9.81. The summed E-state index contributed by atoms with van der Waals surface area (Å²) in [5, 5.41) is 0. The number of benzene rings is 2. The molecule has 2 rings (SSSR count). The van der Waals surface area contributed by atoms with Crippen LogP contribution in [0, 0.1) is 12.7 Å². The van der Waals surface area contributed by atoms with Gasteiger partial charge in [0.25, 0.3) is 0 Å².